The predicted octanol–water partition coefficient (Wildman–Crippen LogP) is 1.88. The van der Waals surface area contributed by atoms with Crippen LogP contribution < -0.4 is 5.32 Å². The number of hydrogen-bond donors (Lipinski definition) is 1. The summed E-state index contributed by atoms with van der Waals surface area (Å²) in [6.45, 7) is 1.82. The molecular weight excluding hydrogens is 220 g/mol. The Balaban J connectivity index is 3.12. The molecule has 1 aromatic rings. The molecule has 0 radical (unpaired) electrons. The summed E-state index contributed by atoms with van der Waals surface area (Å²) in [6.07, 6.45) is 0. The summed E-state index contributed by atoms with van der Waals surface area (Å²) in [5, 5.41) is 2.68. The van der Waals surface area contributed by atoms with Gasteiger partial charge in [0.05, 0.1) is 18.4 Å². The van der Waals surface area contributed by atoms with E-state index in [0.717, 1.165) is 5.56 Å². The number of benzene rings is 1. The molecule has 17 heavy (non-hydrogen) atoms. The van der Waals surface area contributed by atoms with Crippen molar-refractivity contribution in [1.82, 2.24) is 4.90 Å². The lowest BCUT2D eigenvalue weighted by molar-refractivity contribution is 0.0602. The van der Waals surface area contributed by atoms with Crippen LogP contribution in [0, 0.1) is 6.92 Å². The number of urea groups is 1. The van der Waals surface area contributed by atoms with Crippen LogP contribution in [-0.4, -0.2) is 38.1 Å². The van der Waals surface area contributed by atoms with Gasteiger partial charge in [0, 0.05) is 14.1 Å². The summed E-state index contributed by atoms with van der Waals surface area (Å²) in [4.78, 5) is 24.5. The monoisotopic (exact) mass is 236 g/mol. The first-order valence-electron chi connectivity index (χ1n) is 5.13. The first-order chi connectivity index (χ1) is 7.97. The summed E-state index contributed by atoms with van der Waals surface area (Å²) in [5.74, 6) is -0.470. The van der Waals surface area contributed by atoms with Crippen LogP contribution in [0.4, 0.5) is 10.5 Å². The van der Waals surface area contributed by atoms with Crippen molar-refractivity contribution in [2.75, 3.05) is 26.5 Å². The van der Waals surface area contributed by atoms with Crippen LogP contribution in [0.2, 0.25) is 0 Å². The fraction of sp³-hybridized carbons (Fsp3) is 0.333. The van der Waals surface area contributed by atoms with Gasteiger partial charge in [-0.05, 0) is 18.6 Å². The van der Waals surface area contributed by atoms with Crippen LogP contribution in [0.25, 0.3) is 0 Å². The van der Waals surface area contributed by atoms with Gasteiger partial charge in [-0.1, -0.05) is 12.1 Å². The molecule has 1 rings (SSSR count). The minimum absolute atomic E-state index is 0.288. The predicted molar refractivity (Wildman–Crippen MR) is 65.2 cm³/mol. The van der Waals surface area contributed by atoms with Crippen LogP contribution in [0.1, 0.15) is 15.9 Å². The Hall–Kier alpha value is -2.04. The van der Waals surface area contributed by atoms with E-state index in [4.69, 9.17) is 0 Å². The van der Waals surface area contributed by atoms with Crippen LogP contribution >= 0.6 is 0 Å². The number of esters is 1. The molecular formula is C12H16N2O3. The highest BCUT2D eigenvalue weighted by Crippen LogP contribution is 2.21. The van der Waals surface area contributed by atoms with Crippen molar-refractivity contribution in [3.05, 3.63) is 29.3 Å². The molecule has 92 valence electrons. The number of para-hydroxylation sites is 1. The summed E-state index contributed by atoms with van der Waals surface area (Å²) in [7, 11) is 4.57. The summed E-state index contributed by atoms with van der Waals surface area (Å²) in [5.41, 5.74) is 1.64. The van der Waals surface area contributed by atoms with Gasteiger partial charge in [-0.25, -0.2) is 9.59 Å². The minimum atomic E-state index is -0.470. The molecule has 0 bridgehead atoms. The van der Waals surface area contributed by atoms with Gasteiger partial charge in [0.2, 0.25) is 0 Å². The summed E-state index contributed by atoms with van der Waals surface area (Å²) >= 11 is 0. The third-order valence-electron chi connectivity index (χ3n) is 2.32. The summed E-state index contributed by atoms with van der Waals surface area (Å²) in [6, 6.07) is 4.89. The van der Waals surface area contributed by atoms with E-state index in [1.807, 2.05) is 13.0 Å². The average molecular weight is 236 g/mol. The number of carbonyl (C=O) groups excluding carboxylic acids is 2. The number of aryl methyl sites for hydroxylation is 1. The number of ether oxygens (including phenoxy) is 1. The lowest BCUT2D eigenvalue weighted by Gasteiger charge is -2.16. The maximum Gasteiger partial charge on any atom is 0.339 e. The van der Waals surface area contributed by atoms with Gasteiger partial charge in [0.1, 0.15) is 0 Å². The molecule has 0 aliphatic heterocycles. The lowest BCUT2D eigenvalue weighted by Crippen LogP contribution is -2.28. The van der Waals surface area contributed by atoms with E-state index in [9.17, 15) is 9.59 Å². The second-order valence-electron chi connectivity index (χ2n) is 3.81. The molecule has 5 heteroatoms. The molecule has 0 aliphatic carbocycles. The minimum Gasteiger partial charge on any atom is -0.465 e. The van der Waals surface area contributed by atoms with Crippen molar-refractivity contribution in [2.24, 2.45) is 0 Å². The van der Waals surface area contributed by atoms with Crippen LogP contribution in [0.5, 0.6) is 0 Å². The van der Waals surface area contributed by atoms with E-state index < -0.39 is 5.97 Å². The molecule has 0 heterocycles. The Bertz CT molecular complexity index is 441. The van der Waals surface area contributed by atoms with Crippen molar-refractivity contribution in [3.8, 4) is 0 Å². The number of anilines is 1. The van der Waals surface area contributed by atoms with Crippen LogP contribution in [0.15, 0.2) is 18.2 Å². The molecule has 0 aromatic heterocycles. The quantitative estimate of drug-likeness (QED) is 0.797. The van der Waals surface area contributed by atoms with Gasteiger partial charge in [-0.2, -0.15) is 0 Å². The maximum atomic E-state index is 11.6. The largest absolute Gasteiger partial charge is 0.465 e. The number of carbonyl (C=O) groups is 2. The Morgan fingerprint density at radius 3 is 2.47 bits per heavy atom. The SMILES string of the molecule is COC(=O)c1cccc(C)c1NC(=O)N(C)C. The second kappa shape index (κ2) is 5.34. The second-order valence-corrected chi connectivity index (χ2v) is 3.81. The number of nitrogens with zero attached hydrogens (tertiary/aromatic N) is 1. The Morgan fingerprint density at radius 1 is 1.29 bits per heavy atom. The zero-order valence-electron chi connectivity index (χ0n) is 10.4. The first kappa shape index (κ1) is 13.0. The zero-order valence-corrected chi connectivity index (χ0v) is 10.4. The number of nitrogens with one attached hydrogen (secondary N) is 1. The maximum absolute atomic E-state index is 11.6. The van der Waals surface area contributed by atoms with E-state index in [0.29, 0.717) is 11.3 Å². The van der Waals surface area contributed by atoms with Gasteiger partial charge in [0.25, 0.3) is 0 Å². The normalized spacial score (nSPS) is 9.65. The van der Waals surface area contributed by atoms with Gasteiger partial charge < -0.3 is 15.0 Å². The lowest BCUT2D eigenvalue weighted by atomic mass is 10.1. The molecule has 2 amide bonds. The molecule has 0 fully saturated rings. The van der Waals surface area contributed by atoms with Crippen molar-refractivity contribution in [2.45, 2.75) is 6.92 Å². The highest BCUT2D eigenvalue weighted by atomic mass is 16.5. The van der Waals surface area contributed by atoms with Gasteiger partial charge in [-0.3, -0.25) is 0 Å². The number of amides is 2. The van der Waals surface area contributed by atoms with E-state index in [1.165, 1.54) is 12.0 Å². The molecule has 0 spiro atoms. The van der Waals surface area contributed by atoms with Crippen LogP contribution in [-0.2, 0) is 4.74 Å². The van der Waals surface area contributed by atoms with Crippen molar-refractivity contribution in [1.29, 1.82) is 0 Å². The highest BCUT2D eigenvalue weighted by Gasteiger charge is 2.16. The third-order valence-corrected chi connectivity index (χ3v) is 2.32. The van der Waals surface area contributed by atoms with E-state index in [1.54, 1.807) is 26.2 Å². The van der Waals surface area contributed by atoms with E-state index >= 15 is 0 Å². The Kier molecular flexibility index (Phi) is 4.09. The third kappa shape index (κ3) is 2.96. The highest BCUT2D eigenvalue weighted by molar-refractivity contribution is 6.01. The molecule has 0 saturated heterocycles. The molecule has 0 saturated carbocycles. The number of hydrogen-bond acceptors (Lipinski definition) is 3. The molecule has 0 aliphatic rings. The number of methoxy groups -OCH3 is 1. The average Bonchev–Trinajstić information content (AvgIpc) is 2.30. The first-order valence-corrected chi connectivity index (χ1v) is 5.13. The molecule has 5 nitrogen and oxygen atoms in total. The standard InChI is InChI=1S/C12H16N2O3/c1-8-6-5-7-9(11(15)17-4)10(8)13-12(16)14(2)3/h5-7H,1-4H3,(H,13,16). The van der Waals surface area contributed by atoms with Crippen LogP contribution in [0.3, 0.4) is 0 Å². The summed E-state index contributed by atoms with van der Waals surface area (Å²) < 4.78 is 4.67. The molecule has 1 aromatic carbocycles. The van der Waals surface area contributed by atoms with Crippen molar-refractivity contribution >= 4 is 17.7 Å². The smallest absolute Gasteiger partial charge is 0.339 e. The van der Waals surface area contributed by atoms with Gasteiger partial charge in [-0.15, -0.1) is 0 Å². The van der Waals surface area contributed by atoms with Gasteiger partial charge in [0.15, 0.2) is 0 Å². The van der Waals surface area contributed by atoms with Crippen molar-refractivity contribution in [3.63, 3.8) is 0 Å². The number of rotatable bonds is 2. The van der Waals surface area contributed by atoms with Gasteiger partial charge >= 0.3 is 12.0 Å². The van der Waals surface area contributed by atoms with Crippen molar-refractivity contribution < 1.29 is 14.3 Å². The molecule has 0 atom stereocenters. The van der Waals surface area contributed by atoms with E-state index in [-0.39, 0.29) is 6.03 Å². The zero-order chi connectivity index (χ0) is 13.0. The fourth-order valence-electron chi connectivity index (χ4n) is 1.33. The molecule has 1 N–H and O–H groups in total. The Morgan fingerprint density at radius 2 is 1.94 bits per heavy atom. The van der Waals surface area contributed by atoms with E-state index in [2.05, 4.69) is 10.1 Å². The topological polar surface area (TPSA) is 58.6 Å². The fourth-order valence-corrected chi connectivity index (χ4v) is 1.33. The molecule has 0 unspecified atom stereocenters. The Labute approximate surface area is 100 Å².